The monoisotopic (exact) mass is 319 g/mol. The number of benzene rings is 1. The number of nitrogens with zero attached hydrogens (tertiary/aromatic N) is 1. The van der Waals surface area contributed by atoms with Gasteiger partial charge < -0.3 is 20.7 Å². The number of carbonyl (C=O) groups excluding carboxylic acids is 2. The fourth-order valence-electron chi connectivity index (χ4n) is 2.53. The van der Waals surface area contributed by atoms with Gasteiger partial charge >= 0.3 is 6.09 Å². The molecule has 2 amide bonds. The number of amides is 2. The number of fused-ring (bicyclic) bond motifs is 1. The van der Waals surface area contributed by atoms with Gasteiger partial charge in [-0.2, -0.15) is 0 Å². The van der Waals surface area contributed by atoms with Crippen molar-refractivity contribution in [3.63, 3.8) is 0 Å². The zero-order valence-corrected chi connectivity index (χ0v) is 14.0. The lowest BCUT2D eigenvalue weighted by Gasteiger charge is -2.29. The Morgan fingerprint density at radius 1 is 1.30 bits per heavy atom. The summed E-state index contributed by atoms with van der Waals surface area (Å²) >= 11 is 0. The minimum Gasteiger partial charge on any atom is -0.444 e. The van der Waals surface area contributed by atoms with Crippen molar-refractivity contribution in [1.29, 1.82) is 0 Å². The van der Waals surface area contributed by atoms with Crippen molar-refractivity contribution < 1.29 is 14.3 Å². The maximum absolute atomic E-state index is 12.3. The Morgan fingerprint density at radius 2 is 2.04 bits per heavy atom. The number of nitrogens with one attached hydrogen (secondary N) is 1. The molecule has 0 unspecified atom stereocenters. The molecule has 1 heterocycles. The number of alkyl carbamates (subject to hydrolysis) is 1. The largest absolute Gasteiger partial charge is 0.444 e. The van der Waals surface area contributed by atoms with E-state index in [-0.39, 0.29) is 18.9 Å². The molecule has 6 heteroatoms. The van der Waals surface area contributed by atoms with Crippen molar-refractivity contribution in [3.05, 3.63) is 29.3 Å². The van der Waals surface area contributed by atoms with Crippen molar-refractivity contribution in [1.82, 2.24) is 10.2 Å². The number of hydrogen-bond acceptors (Lipinski definition) is 4. The Labute approximate surface area is 137 Å². The van der Waals surface area contributed by atoms with E-state index in [1.54, 1.807) is 25.7 Å². The van der Waals surface area contributed by atoms with Crippen LogP contribution in [0.25, 0.3) is 0 Å². The highest BCUT2D eigenvalue weighted by atomic mass is 16.6. The molecule has 0 aliphatic carbocycles. The molecule has 3 N–H and O–H groups in total. The Balaban J connectivity index is 1.80. The van der Waals surface area contributed by atoms with Gasteiger partial charge in [0.1, 0.15) is 5.60 Å². The number of anilines is 1. The van der Waals surface area contributed by atoms with Gasteiger partial charge in [-0.3, -0.25) is 4.79 Å². The summed E-state index contributed by atoms with van der Waals surface area (Å²) in [7, 11) is 0. The molecule has 126 valence electrons. The van der Waals surface area contributed by atoms with Crippen molar-refractivity contribution >= 4 is 17.7 Å². The van der Waals surface area contributed by atoms with Crippen molar-refractivity contribution in [2.24, 2.45) is 0 Å². The van der Waals surface area contributed by atoms with E-state index in [4.69, 9.17) is 10.5 Å². The van der Waals surface area contributed by atoms with Gasteiger partial charge in [0, 0.05) is 31.7 Å². The Hall–Kier alpha value is -2.24. The number of nitrogen functional groups attached to an aromatic ring is 1. The third kappa shape index (κ3) is 5.16. The van der Waals surface area contributed by atoms with Crippen LogP contribution in [0.5, 0.6) is 0 Å². The van der Waals surface area contributed by atoms with E-state index in [1.165, 1.54) is 5.56 Å². The molecule has 0 fully saturated rings. The molecule has 0 saturated carbocycles. The lowest BCUT2D eigenvalue weighted by Crippen LogP contribution is -2.39. The van der Waals surface area contributed by atoms with Crippen LogP contribution in [0.2, 0.25) is 0 Å². The predicted octanol–water partition coefficient (Wildman–Crippen LogP) is 2.07. The van der Waals surface area contributed by atoms with E-state index < -0.39 is 11.7 Å². The molecule has 0 spiro atoms. The average molecular weight is 319 g/mol. The van der Waals surface area contributed by atoms with Gasteiger partial charge in [0.25, 0.3) is 0 Å². The summed E-state index contributed by atoms with van der Waals surface area (Å²) in [4.78, 5) is 25.6. The molecule has 0 bridgehead atoms. The molecule has 1 aliphatic rings. The standard InChI is InChI=1S/C17H25N3O3/c1-17(2,3)23-16(22)19-8-6-15(21)20-9-7-12-4-5-14(18)10-13(12)11-20/h4-5,10H,6-9,11,18H2,1-3H3,(H,19,22). The number of carbonyl (C=O) groups is 2. The van der Waals surface area contributed by atoms with Gasteiger partial charge in [0.05, 0.1) is 0 Å². The first-order chi connectivity index (χ1) is 10.7. The van der Waals surface area contributed by atoms with Gasteiger partial charge in [-0.1, -0.05) is 6.07 Å². The van der Waals surface area contributed by atoms with Crippen molar-refractivity contribution in [3.8, 4) is 0 Å². The highest BCUT2D eigenvalue weighted by Crippen LogP contribution is 2.21. The third-order valence-electron chi connectivity index (χ3n) is 3.60. The second kappa shape index (κ2) is 6.89. The summed E-state index contributed by atoms with van der Waals surface area (Å²) in [6, 6.07) is 5.84. The first kappa shape index (κ1) is 17.1. The summed E-state index contributed by atoms with van der Waals surface area (Å²) < 4.78 is 5.14. The molecule has 1 aromatic rings. The number of nitrogens with two attached hydrogens (primary N) is 1. The molecule has 0 radical (unpaired) electrons. The van der Waals surface area contributed by atoms with Crippen molar-refractivity contribution in [2.75, 3.05) is 18.8 Å². The normalized spacial score (nSPS) is 14.1. The Kier molecular flexibility index (Phi) is 5.13. The molecule has 23 heavy (non-hydrogen) atoms. The predicted molar refractivity (Wildman–Crippen MR) is 88.8 cm³/mol. The zero-order valence-electron chi connectivity index (χ0n) is 14.0. The van der Waals surface area contributed by atoms with E-state index in [2.05, 4.69) is 5.32 Å². The molecule has 0 aromatic heterocycles. The number of ether oxygens (including phenoxy) is 1. The molecule has 1 aliphatic heterocycles. The summed E-state index contributed by atoms with van der Waals surface area (Å²) in [6.07, 6.45) is 0.597. The van der Waals surface area contributed by atoms with Crippen LogP contribution in [0.15, 0.2) is 18.2 Å². The molecule has 1 aromatic carbocycles. The number of hydrogen-bond donors (Lipinski definition) is 2. The Bertz CT molecular complexity index is 593. The van der Waals surface area contributed by atoms with Crippen molar-refractivity contribution in [2.45, 2.75) is 45.8 Å². The molecule has 6 nitrogen and oxygen atoms in total. The zero-order chi connectivity index (χ0) is 17.0. The van der Waals surface area contributed by atoms with E-state index in [0.29, 0.717) is 18.8 Å². The molecular formula is C17H25N3O3. The number of rotatable bonds is 3. The summed E-state index contributed by atoms with van der Waals surface area (Å²) in [5, 5.41) is 2.61. The molecule has 2 rings (SSSR count). The summed E-state index contributed by atoms with van der Waals surface area (Å²) in [6.45, 7) is 6.94. The molecule has 0 saturated heterocycles. The van der Waals surface area contributed by atoms with Crippen LogP contribution in [-0.2, 0) is 22.5 Å². The van der Waals surface area contributed by atoms with Gasteiger partial charge in [0.2, 0.25) is 5.91 Å². The lowest BCUT2D eigenvalue weighted by atomic mass is 9.99. The van der Waals surface area contributed by atoms with Crippen LogP contribution in [0.3, 0.4) is 0 Å². The summed E-state index contributed by atoms with van der Waals surface area (Å²) in [5.41, 5.74) is 8.33. The first-order valence-electron chi connectivity index (χ1n) is 7.86. The van der Waals surface area contributed by atoms with Gasteiger partial charge in [0.15, 0.2) is 0 Å². The van der Waals surface area contributed by atoms with Crippen LogP contribution in [0.1, 0.15) is 38.3 Å². The molecule has 0 atom stereocenters. The fourth-order valence-corrected chi connectivity index (χ4v) is 2.53. The van der Waals surface area contributed by atoms with Crippen LogP contribution in [0, 0.1) is 0 Å². The van der Waals surface area contributed by atoms with E-state index in [0.717, 1.165) is 12.0 Å². The first-order valence-corrected chi connectivity index (χ1v) is 7.86. The lowest BCUT2D eigenvalue weighted by molar-refractivity contribution is -0.131. The average Bonchev–Trinajstić information content (AvgIpc) is 2.44. The van der Waals surface area contributed by atoms with E-state index in [9.17, 15) is 9.59 Å². The maximum Gasteiger partial charge on any atom is 0.407 e. The van der Waals surface area contributed by atoms with Gasteiger partial charge in [-0.05, 0) is 50.5 Å². The van der Waals surface area contributed by atoms with Crippen LogP contribution in [-0.4, -0.2) is 35.6 Å². The SMILES string of the molecule is CC(C)(C)OC(=O)NCCC(=O)N1CCc2ccc(N)cc2C1. The molecular weight excluding hydrogens is 294 g/mol. The smallest absolute Gasteiger partial charge is 0.407 e. The topological polar surface area (TPSA) is 84.7 Å². The second-order valence-electron chi connectivity index (χ2n) is 6.77. The minimum atomic E-state index is -0.537. The van der Waals surface area contributed by atoms with Gasteiger partial charge in [-0.25, -0.2) is 4.79 Å². The van der Waals surface area contributed by atoms with Crippen LogP contribution < -0.4 is 11.1 Å². The summed E-state index contributed by atoms with van der Waals surface area (Å²) in [5.74, 6) is 0.0223. The maximum atomic E-state index is 12.3. The van der Waals surface area contributed by atoms with Crippen LogP contribution >= 0.6 is 0 Å². The highest BCUT2D eigenvalue weighted by Gasteiger charge is 2.21. The third-order valence-corrected chi connectivity index (χ3v) is 3.60. The highest BCUT2D eigenvalue weighted by molar-refractivity contribution is 5.77. The van der Waals surface area contributed by atoms with E-state index in [1.807, 2.05) is 18.2 Å². The quantitative estimate of drug-likeness (QED) is 0.835. The fraction of sp³-hybridized carbons (Fsp3) is 0.529. The Morgan fingerprint density at radius 3 is 2.74 bits per heavy atom. The van der Waals surface area contributed by atoms with Gasteiger partial charge in [-0.15, -0.1) is 0 Å². The van der Waals surface area contributed by atoms with E-state index >= 15 is 0 Å². The minimum absolute atomic E-state index is 0.0223. The second-order valence-corrected chi connectivity index (χ2v) is 6.77. The van der Waals surface area contributed by atoms with Crippen LogP contribution in [0.4, 0.5) is 10.5 Å².